The topological polar surface area (TPSA) is 91.5 Å². The number of amides is 1. The maximum Gasteiger partial charge on any atom is 0.257 e. The normalized spacial score (nSPS) is 17.7. The summed E-state index contributed by atoms with van der Waals surface area (Å²) in [5, 5.41) is 6.72. The Hall–Kier alpha value is -3.62. The fraction of sp³-hybridized carbons (Fsp3) is 0.333. The minimum absolute atomic E-state index is 0.134. The summed E-state index contributed by atoms with van der Waals surface area (Å²) in [6.07, 6.45) is 5.61. The van der Waals surface area contributed by atoms with Crippen LogP contribution in [0.5, 0.6) is 5.75 Å². The van der Waals surface area contributed by atoms with Crippen LogP contribution in [0, 0.1) is 0 Å². The quantitative estimate of drug-likeness (QED) is 0.431. The van der Waals surface area contributed by atoms with E-state index in [2.05, 4.69) is 31.6 Å². The number of nitrogens with one attached hydrogen (secondary N) is 3. The summed E-state index contributed by atoms with van der Waals surface area (Å²) >= 11 is 0. The minimum atomic E-state index is -0.134. The maximum atomic E-state index is 13.2. The molecule has 182 valence electrons. The van der Waals surface area contributed by atoms with Crippen LogP contribution in [0.1, 0.15) is 29.8 Å². The zero-order valence-corrected chi connectivity index (χ0v) is 20.1. The summed E-state index contributed by atoms with van der Waals surface area (Å²) in [7, 11) is 3.38. The Kier molecular flexibility index (Phi) is 6.83. The number of methoxy groups -OCH3 is 2. The monoisotopic (exact) mass is 473 g/mol. The lowest BCUT2D eigenvalue weighted by molar-refractivity contribution is -0.110. The first-order valence-corrected chi connectivity index (χ1v) is 12.0. The second-order valence-electron chi connectivity index (χ2n) is 8.88. The Balaban J connectivity index is 1.45. The van der Waals surface area contributed by atoms with Crippen molar-refractivity contribution in [2.24, 2.45) is 0 Å². The van der Waals surface area contributed by atoms with Crippen molar-refractivity contribution < 1.29 is 14.3 Å². The van der Waals surface area contributed by atoms with E-state index in [1.165, 1.54) is 0 Å². The summed E-state index contributed by atoms with van der Waals surface area (Å²) in [6.45, 7) is 3.85. The molecule has 1 saturated heterocycles. The molecule has 3 aromatic rings. The number of rotatable bonds is 8. The molecule has 0 atom stereocenters. The van der Waals surface area contributed by atoms with Gasteiger partial charge in [-0.15, -0.1) is 0 Å². The molecule has 2 aromatic carbocycles. The zero-order valence-electron chi connectivity index (χ0n) is 20.1. The molecule has 3 heterocycles. The molecule has 0 unspecified atom stereocenters. The van der Waals surface area contributed by atoms with Gasteiger partial charge in [-0.25, -0.2) is 4.98 Å². The van der Waals surface area contributed by atoms with Crippen LogP contribution in [0.15, 0.2) is 54.9 Å². The van der Waals surface area contributed by atoms with Gasteiger partial charge in [0.05, 0.1) is 19.3 Å². The summed E-state index contributed by atoms with van der Waals surface area (Å²) in [6, 6.07) is 14.2. The number of ether oxygens (including phenoxy) is 2. The number of fused-ring (bicyclic) bond motifs is 1. The average molecular weight is 474 g/mol. The van der Waals surface area contributed by atoms with Gasteiger partial charge in [0, 0.05) is 67.7 Å². The molecule has 5 rings (SSSR count). The number of nitrogens with zero attached hydrogens (tertiary/aromatic N) is 2. The molecule has 2 aliphatic heterocycles. The highest BCUT2D eigenvalue weighted by atomic mass is 16.5. The minimum Gasteiger partial charge on any atom is -0.497 e. The number of aromatic nitrogens is 2. The molecule has 1 amide bonds. The predicted molar refractivity (Wildman–Crippen MR) is 138 cm³/mol. The van der Waals surface area contributed by atoms with E-state index >= 15 is 0 Å². The van der Waals surface area contributed by atoms with Crippen molar-refractivity contribution in [3.8, 4) is 5.75 Å². The van der Waals surface area contributed by atoms with Gasteiger partial charge in [-0.05, 0) is 48.7 Å². The molecule has 1 fully saturated rings. The van der Waals surface area contributed by atoms with Crippen LogP contribution in [-0.4, -0.2) is 67.3 Å². The largest absolute Gasteiger partial charge is 0.497 e. The van der Waals surface area contributed by atoms with Crippen molar-refractivity contribution in [1.29, 1.82) is 0 Å². The van der Waals surface area contributed by atoms with Crippen molar-refractivity contribution in [2.75, 3.05) is 51.1 Å². The zero-order chi connectivity index (χ0) is 24.2. The number of likely N-dealkylation sites (tertiary alicyclic amines) is 1. The number of hydrogen-bond donors (Lipinski definition) is 3. The smallest absolute Gasteiger partial charge is 0.257 e. The van der Waals surface area contributed by atoms with Gasteiger partial charge in [-0.2, -0.15) is 0 Å². The molecule has 1 aromatic heterocycles. The standard InChI is InChI=1S/C27H31N5O3/c1-34-16-15-32-13-9-19(10-14-32)30-20-5-8-23-22(17-20)25(27(33)31-23)24(26-28-11-12-29-26)18-3-6-21(35-2)7-4-18/h3-8,11-12,17,19,30H,9-10,13-16H2,1-2H3,(H,28,29)(H,31,33). The third kappa shape index (κ3) is 4.94. The van der Waals surface area contributed by atoms with E-state index in [-0.39, 0.29) is 5.91 Å². The Bertz CT molecular complexity index is 1200. The molecular formula is C27H31N5O3. The molecule has 0 bridgehead atoms. The third-order valence-corrected chi connectivity index (χ3v) is 6.70. The molecule has 0 aliphatic carbocycles. The van der Waals surface area contributed by atoms with Crippen molar-refractivity contribution in [3.63, 3.8) is 0 Å². The lowest BCUT2D eigenvalue weighted by atomic mass is 9.94. The van der Waals surface area contributed by atoms with Crippen LogP contribution in [0.3, 0.4) is 0 Å². The summed E-state index contributed by atoms with van der Waals surface area (Å²) in [4.78, 5) is 23.3. The second kappa shape index (κ2) is 10.3. The van der Waals surface area contributed by atoms with E-state index in [1.54, 1.807) is 26.6 Å². The van der Waals surface area contributed by atoms with Gasteiger partial charge in [-0.3, -0.25) is 4.79 Å². The molecule has 3 N–H and O–H groups in total. The van der Waals surface area contributed by atoms with Crippen molar-refractivity contribution in [2.45, 2.75) is 18.9 Å². The molecule has 35 heavy (non-hydrogen) atoms. The van der Waals surface area contributed by atoms with Gasteiger partial charge in [-0.1, -0.05) is 12.1 Å². The average Bonchev–Trinajstić information content (AvgIpc) is 3.53. The lowest BCUT2D eigenvalue weighted by Gasteiger charge is -2.32. The molecule has 0 radical (unpaired) electrons. The van der Waals surface area contributed by atoms with Crippen molar-refractivity contribution in [3.05, 3.63) is 71.8 Å². The molecule has 8 nitrogen and oxygen atoms in total. The number of benzene rings is 2. The van der Waals surface area contributed by atoms with Gasteiger partial charge < -0.3 is 30.0 Å². The number of imidazole rings is 1. The van der Waals surface area contributed by atoms with E-state index in [4.69, 9.17) is 9.47 Å². The summed E-state index contributed by atoms with van der Waals surface area (Å²) in [5.74, 6) is 1.27. The number of hydrogen-bond acceptors (Lipinski definition) is 6. The highest BCUT2D eigenvalue weighted by Gasteiger charge is 2.30. The first-order chi connectivity index (χ1) is 17.2. The SMILES string of the molecule is COCCN1CCC(Nc2ccc3c(c2)C(=C(c2ccc(OC)cc2)c2ncc[nH]2)C(=O)N3)CC1. The Labute approximate surface area is 205 Å². The van der Waals surface area contributed by atoms with Gasteiger partial charge in [0.15, 0.2) is 0 Å². The van der Waals surface area contributed by atoms with Crippen LogP contribution in [-0.2, 0) is 9.53 Å². The van der Waals surface area contributed by atoms with Gasteiger partial charge >= 0.3 is 0 Å². The number of anilines is 2. The number of carbonyl (C=O) groups excluding carboxylic acids is 1. The fourth-order valence-corrected chi connectivity index (χ4v) is 4.82. The molecular weight excluding hydrogens is 442 g/mol. The number of carbonyl (C=O) groups is 1. The van der Waals surface area contributed by atoms with E-state index in [1.807, 2.05) is 36.4 Å². The molecule has 0 spiro atoms. The van der Waals surface area contributed by atoms with Crippen molar-refractivity contribution >= 4 is 28.4 Å². The van der Waals surface area contributed by atoms with Crippen LogP contribution in [0.2, 0.25) is 0 Å². The number of aromatic amines is 1. The van der Waals surface area contributed by atoms with E-state index in [9.17, 15) is 4.79 Å². The molecule has 8 heteroatoms. The van der Waals surface area contributed by atoms with Crippen LogP contribution in [0.4, 0.5) is 11.4 Å². The maximum absolute atomic E-state index is 13.2. The van der Waals surface area contributed by atoms with Crippen LogP contribution in [0.25, 0.3) is 11.1 Å². The van der Waals surface area contributed by atoms with Crippen molar-refractivity contribution in [1.82, 2.24) is 14.9 Å². The highest BCUT2D eigenvalue weighted by Crippen LogP contribution is 2.40. The van der Waals surface area contributed by atoms with E-state index in [0.29, 0.717) is 17.4 Å². The highest BCUT2D eigenvalue weighted by molar-refractivity contribution is 6.38. The van der Waals surface area contributed by atoms with Crippen LogP contribution < -0.4 is 15.4 Å². The first kappa shape index (κ1) is 23.1. The first-order valence-electron chi connectivity index (χ1n) is 12.0. The second-order valence-corrected chi connectivity index (χ2v) is 8.88. The lowest BCUT2D eigenvalue weighted by Crippen LogP contribution is -2.40. The third-order valence-electron chi connectivity index (χ3n) is 6.70. The molecule has 2 aliphatic rings. The fourth-order valence-electron chi connectivity index (χ4n) is 4.82. The number of piperidine rings is 1. The summed E-state index contributed by atoms with van der Waals surface area (Å²) in [5.41, 5.74) is 4.96. The summed E-state index contributed by atoms with van der Waals surface area (Å²) < 4.78 is 10.5. The Morgan fingerprint density at radius 1 is 1.14 bits per heavy atom. The van der Waals surface area contributed by atoms with Gasteiger partial charge in [0.2, 0.25) is 0 Å². The van der Waals surface area contributed by atoms with E-state index < -0.39 is 0 Å². The predicted octanol–water partition coefficient (Wildman–Crippen LogP) is 3.85. The van der Waals surface area contributed by atoms with Gasteiger partial charge in [0.1, 0.15) is 11.6 Å². The Morgan fingerprint density at radius 3 is 2.63 bits per heavy atom. The van der Waals surface area contributed by atoms with E-state index in [0.717, 1.165) is 72.9 Å². The molecule has 0 saturated carbocycles. The number of H-pyrrole nitrogens is 1. The van der Waals surface area contributed by atoms with Crippen LogP contribution >= 0.6 is 0 Å². The van der Waals surface area contributed by atoms with Gasteiger partial charge in [0.25, 0.3) is 5.91 Å². The Morgan fingerprint density at radius 2 is 1.94 bits per heavy atom.